The first-order valence-electron chi connectivity index (χ1n) is 15.0. The van der Waals surface area contributed by atoms with Crippen molar-refractivity contribution in [2.45, 2.75) is 44.5 Å². The van der Waals surface area contributed by atoms with Gasteiger partial charge in [0, 0.05) is 19.5 Å². The number of esters is 1. The molecule has 3 aromatic carbocycles. The topological polar surface area (TPSA) is 134 Å². The highest BCUT2D eigenvalue weighted by molar-refractivity contribution is 5.86. The first kappa shape index (κ1) is 32.9. The third-order valence-electron chi connectivity index (χ3n) is 7.39. The summed E-state index contributed by atoms with van der Waals surface area (Å²) in [5.74, 6) is -2.02. The highest BCUT2D eigenvalue weighted by Crippen LogP contribution is 2.20. The van der Waals surface area contributed by atoms with Crippen molar-refractivity contribution in [2.24, 2.45) is 5.92 Å². The van der Waals surface area contributed by atoms with Gasteiger partial charge in [-0.15, -0.1) is 0 Å². The van der Waals surface area contributed by atoms with Gasteiger partial charge >= 0.3 is 12.1 Å². The Kier molecular flexibility index (Phi) is 12.7. The number of alkyl carbamates (subject to hydrolysis) is 1. The quantitative estimate of drug-likeness (QED) is 0.232. The van der Waals surface area contributed by atoms with E-state index in [1.165, 1.54) is 0 Å². The zero-order valence-corrected chi connectivity index (χ0v) is 25.0. The number of rotatable bonds is 10. The van der Waals surface area contributed by atoms with Crippen LogP contribution in [0.25, 0.3) is 0 Å². The van der Waals surface area contributed by atoms with E-state index in [1.54, 1.807) is 17.1 Å². The summed E-state index contributed by atoms with van der Waals surface area (Å²) in [5, 5.41) is 15.2. The fourth-order valence-corrected chi connectivity index (χ4v) is 4.92. The number of allylic oxidation sites excluding steroid dienone is 1. The first-order valence-corrected chi connectivity index (χ1v) is 15.0. The molecule has 3 amide bonds. The lowest BCUT2D eigenvalue weighted by atomic mass is 9.97. The Morgan fingerprint density at radius 1 is 0.889 bits per heavy atom. The minimum absolute atomic E-state index is 0.0413. The van der Waals surface area contributed by atoms with Crippen molar-refractivity contribution in [1.82, 2.24) is 15.5 Å². The Morgan fingerprint density at radius 3 is 2.18 bits per heavy atom. The van der Waals surface area contributed by atoms with E-state index >= 15 is 0 Å². The van der Waals surface area contributed by atoms with Crippen molar-refractivity contribution < 1.29 is 33.8 Å². The Labute approximate surface area is 263 Å². The van der Waals surface area contributed by atoms with Crippen LogP contribution in [0.2, 0.25) is 0 Å². The van der Waals surface area contributed by atoms with Gasteiger partial charge in [0.1, 0.15) is 19.3 Å². The summed E-state index contributed by atoms with van der Waals surface area (Å²) >= 11 is 0. The molecule has 3 unspecified atom stereocenters. The summed E-state index contributed by atoms with van der Waals surface area (Å²) in [6.07, 6.45) is 2.87. The number of aliphatic hydroxyl groups is 1. The average Bonchev–Trinajstić information content (AvgIpc) is 3.06. The SMILES string of the molecule is O=C(NC1CC=CCC(CC(=O)N(CCO)Cc2ccccc2)C(=O)NC(c2ccccc2)COC1=O)OCc1ccccc1. The number of cyclic esters (lactones) is 1. The smallest absolute Gasteiger partial charge is 0.408 e. The van der Waals surface area contributed by atoms with Crippen LogP contribution >= 0.6 is 0 Å². The minimum atomic E-state index is -1.03. The molecule has 0 radical (unpaired) electrons. The number of hydrogen-bond acceptors (Lipinski definition) is 7. The molecule has 10 nitrogen and oxygen atoms in total. The van der Waals surface area contributed by atoms with Gasteiger partial charge in [-0.2, -0.15) is 0 Å². The molecule has 3 N–H and O–H groups in total. The highest BCUT2D eigenvalue weighted by Gasteiger charge is 2.29. The molecule has 236 valence electrons. The molecule has 10 heteroatoms. The fraction of sp³-hybridized carbons (Fsp3) is 0.314. The zero-order valence-electron chi connectivity index (χ0n) is 25.0. The number of benzene rings is 3. The molecule has 0 saturated heterocycles. The second-order valence-corrected chi connectivity index (χ2v) is 10.7. The van der Waals surface area contributed by atoms with Gasteiger partial charge in [0.25, 0.3) is 0 Å². The lowest BCUT2D eigenvalue weighted by molar-refractivity contribution is -0.147. The molecular formula is C35H39N3O7. The third-order valence-corrected chi connectivity index (χ3v) is 7.39. The number of amides is 3. The van der Waals surface area contributed by atoms with Crippen molar-refractivity contribution >= 4 is 23.9 Å². The number of hydrogen-bond donors (Lipinski definition) is 3. The van der Waals surface area contributed by atoms with E-state index < -0.39 is 30.1 Å². The first-order chi connectivity index (χ1) is 21.9. The van der Waals surface area contributed by atoms with E-state index in [0.717, 1.165) is 11.1 Å². The zero-order chi connectivity index (χ0) is 31.9. The predicted octanol–water partition coefficient (Wildman–Crippen LogP) is 4.06. The Balaban J connectivity index is 1.49. The van der Waals surface area contributed by atoms with Crippen molar-refractivity contribution in [3.63, 3.8) is 0 Å². The summed E-state index contributed by atoms with van der Waals surface area (Å²) in [5.41, 5.74) is 2.43. The van der Waals surface area contributed by atoms with Crippen LogP contribution in [0.3, 0.4) is 0 Å². The molecule has 0 spiro atoms. The molecule has 1 heterocycles. The van der Waals surface area contributed by atoms with Crippen molar-refractivity contribution in [2.75, 3.05) is 19.8 Å². The van der Waals surface area contributed by atoms with Gasteiger partial charge in [-0.05, 0) is 29.5 Å². The second kappa shape index (κ2) is 17.4. The van der Waals surface area contributed by atoms with E-state index in [-0.39, 0.29) is 57.4 Å². The summed E-state index contributed by atoms with van der Waals surface area (Å²) < 4.78 is 10.9. The maximum atomic E-state index is 13.6. The standard InChI is InChI=1S/C35H39N3O7/c39-21-20-38(23-26-12-4-1-5-13-26)32(40)22-29-18-10-11-19-30(37-35(43)45-24-27-14-6-2-7-15-27)34(42)44-25-31(36-33(29)41)28-16-8-3-9-17-28/h1-17,29-31,39H,18-25H2,(H,36,41)(H,37,43). The maximum Gasteiger partial charge on any atom is 0.408 e. The van der Waals surface area contributed by atoms with E-state index in [9.17, 15) is 24.3 Å². The number of ether oxygens (including phenoxy) is 2. The fourth-order valence-electron chi connectivity index (χ4n) is 4.92. The summed E-state index contributed by atoms with van der Waals surface area (Å²) in [6, 6.07) is 26.0. The van der Waals surface area contributed by atoms with Crippen LogP contribution in [0, 0.1) is 5.92 Å². The van der Waals surface area contributed by atoms with Crippen LogP contribution in [-0.4, -0.2) is 59.7 Å². The highest BCUT2D eigenvalue weighted by atomic mass is 16.6. The van der Waals surface area contributed by atoms with E-state index in [1.807, 2.05) is 91.0 Å². The third kappa shape index (κ3) is 10.6. The number of carbonyl (C=O) groups is 4. The van der Waals surface area contributed by atoms with Crippen LogP contribution < -0.4 is 10.6 Å². The van der Waals surface area contributed by atoms with Gasteiger partial charge in [0.15, 0.2) is 0 Å². The molecule has 1 aliphatic rings. The molecule has 0 fully saturated rings. The van der Waals surface area contributed by atoms with Crippen LogP contribution in [0.15, 0.2) is 103 Å². The van der Waals surface area contributed by atoms with E-state index in [4.69, 9.17) is 9.47 Å². The minimum Gasteiger partial charge on any atom is -0.462 e. The van der Waals surface area contributed by atoms with Crippen LogP contribution in [0.5, 0.6) is 0 Å². The monoisotopic (exact) mass is 613 g/mol. The maximum absolute atomic E-state index is 13.6. The van der Waals surface area contributed by atoms with Crippen LogP contribution in [-0.2, 0) is 37.0 Å². The molecule has 3 atom stereocenters. The summed E-state index contributed by atoms with van der Waals surface area (Å²) in [6.45, 7) is 0.0917. The van der Waals surface area contributed by atoms with Crippen LogP contribution in [0.1, 0.15) is 42.0 Å². The van der Waals surface area contributed by atoms with Gasteiger partial charge in [-0.25, -0.2) is 9.59 Å². The Morgan fingerprint density at radius 2 is 1.51 bits per heavy atom. The van der Waals surface area contributed by atoms with Gasteiger partial charge in [0.2, 0.25) is 11.8 Å². The molecule has 1 aliphatic heterocycles. The predicted molar refractivity (Wildman–Crippen MR) is 167 cm³/mol. The van der Waals surface area contributed by atoms with Gasteiger partial charge < -0.3 is 30.1 Å². The van der Waals surface area contributed by atoms with Crippen molar-refractivity contribution in [3.05, 3.63) is 120 Å². The Hall–Kier alpha value is -4.96. The van der Waals surface area contributed by atoms with Gasteiger partial charge in [0.05, 0.1) is 18.6 Å². The number of nitrogens with zero attached hydrogens (tertiary/aromatic N) is 1. The molecular weight excluding hydrogens is 574 g/mol. The molecule has 45 heavy (non-hydrogen) atoms. The van der Waals surface area contributed by atoms with Crippen LogP contribution in [0.4, 0.5) is 4.79 Å². The molecule has 0 aliphatic carbocycles. The lowest BCUT2D eigenvalue weighted by Crippen LogP contribution is -2.44. The summed E-state index contributed by atoms with van der Waals surface area (Å²) in [4.78, 5) is 54.2. The molecule has 3 aromatic rings. The number of aliphatic hydroxyl groups excluding tert-OH is 1. The Bertz CT molecular complexity index is 1420. The largest absolute Gasteiger partial charge is 0.462 e. The average molecular weight is 614 g/mol. The second-order valence-electron chi connectivity index (χ2n) is 10.7. The molecule has 4 rings (SSSR count). The van der Waals surface area contributed by atoms with E-state index in [2.05, 4.69) is 10.6 Å². The van der Waals surface area contributed by atoms with Gasteiger partial charge in [-0.1, -0.05) is 103 Å². The van der Waals surface area contributed by atoms with Crippen molar-refractivity contribution in [3.8, 4) is 0 Å². The summed E-state index contributed by atoms with van der Waals surface area (Å²) in [7, 11) is 0. The molecule has 0 bridgehead atoms. The molecule has 0 saturated carbocycles. The lowest BCUT2D eigenvalue weighted by Gasteiger charge is -2.27. The van der Waals surface area contributed by atoms with Gasteiger partial charge in [-0.3, -0.25) is 9.59 Å². The molecule has 0 aromatic heterocycles. The van der Waals surface area contributed by atoms with E-state index in [0.29, 0.717) is 12.1 Å². The number of nitrogens with one attached hydrogen (secondary N) is 2. The normalized spacial score (nSPS) is 18.8. The van der Waals surface area contributed by atoms with Crippen molar-refractivity contribution in [1.29, 1.82) is 0 Å². The number of carbonyl (C=O) groups excluding carboxylic acids is 4.